The fourth-order valence-electron chi connectivity index (χ4n) is 1.33. The van der Waals surface area contributed by atoms with Crippen LogP contribution in [0.4, 0.5) is 5.69 Å². The highest BCUT2D eigenvalue weighted by Crippen LogP contribution is 2.13. The molecular formula is C12H10BrN3O3. The first-order valence-corrected chi connectivity index (χ1v) is 6.18. The van der Waals surface area contributed by atoms with Crippen LogP contribution in [0.5, 0.6) is 0 Å². The van der Waals surface area contributed by atoms with E-state index in [0.717, 1.165) is 0 Å². The molecule has 0 atom stereocenters. The largest absolute Gasteiger partial charge is 0.444 e. The zero-order chi connectivity index (χ0) is 13.7. The van der Waals surface area contributed by atoms with E-state index in [1.165, 1.54) is 12.3 Å². The standard InChI is InChI=1S/C12H10BrN3O3/c13-10-4-3-9(19-10)12(18)15-7-11(17)16-8-2-1-5-14-6-8/h1-6H,7H2,(H,15,18)(H,16,17). The summed E-state index contributed by atoms with van der Waals surface area (Å²) < 4.78 is 5.51. The van der Waals surface area contributed by atoms with Gasteiger partial charge in [-0.25, -0.2) is 0 Å². The predicted octanol–water partition coefficient (Wildman–Crippen LogP) is 1.81. The Morgan fingerprint density at radius 2 is 2.16 bits per heavy atom. The van der Waals surface area contributed by atoms with E-state index >= 15 is 0 Å². The number of pyridine rings is 1. The Bertz CT molecular complexity index is 583. The van der Waals surface area contributed by atoms with Crippen molar-refractivity contribution in [2.45, 2.75) is 0 Å². The summed E-state index contributed by atoms with van der Waals surface area (Å²) >= 11 is 3.09. The number of amides is 2. The molecule has 0 aromatic carbocycles. The second kappa shape index (κ2) is 6.14. The van der Waals surface area contributed by atoms with Crippen molar-refractivity contribution < 1.29 is 14.0 Å². The van der Waals surface area contributed by atoms with Crippen molar-refractivity contribution in [3.63, 3.8) is 0 Å². The third-order valence-electron chi connectivity index (χ3n) is 2.15. The van der Waals surface area contributed by atoms with Gasteiger partial charge in [0.05, 0.1) is 18.4 Å². The number of nitrogens with zero attached hydrogens (tertiary/aromatic N) is 1. The van der Waals surface area contributed by atoms with Crippen LogP contribution in [0.2, 0.25) is 0 Å². The van der Waals surface area contributed by atoms with Gasteiger partial charge in [0.1, 0.15) is 0 Å². The van der Waals surface area contributed by atoms with Gasteiger partial charge in [0, 0.05) is 6.20 Å². The van der Waals surface area contributed by atoms with Crippen LogP contribution >= 0.6 is 15.9 Å². The number of carbonyl (C=O) groups excluding carboxylic acids is 2. The van der Waals surface area contributed by atoms with E-state index in [9.17, 15) is 9.59 Å². The Kier molecular flexibility index (Phi) is 4.30. The van der Waals surface area contributed by atoms with Gasteiger partial charge in [0.15, 0.2) is 10.4 Å². The fraction of sp³-hybridized carbons (Fsp3) is 0.0833. The minimum Gasteiger partial charge on any atom is -0.444 e. The average molecular weight is 324 g/mol. The molecule has 0 aliphatic heterocycles. The molecule has 0 fully saturated rings. The summed E-state index contributed by atoms with van der Waals surface area (Å²) in [6, 6.07) is 6.52. The first kappa shape index (κ1) is 13.3. The molecule has 0 saturated carbocycles. The normalized spacial score (nSPS) is 9.95. The minimum atomic E-state index is -0.452. The Balaban J connectivity index is 1.82. The molecule has 19 heavy (non-hydrogen) atoms. The van der Waals surface area contributed by atoms with Crippen molar-refractivity contribution in [1.29, 1.82) is 0 Å². The molecule has 7 heteroatoms. The summed E-state index contributed by atoms with van der Waals surface area (Å²) in [6.45, 7) is -0.147. The molecule has 2 N–H and O–H groups in total. The van der Waals surface area contributed by atoms with Crippen LogP contribution in [-0.2, 0) is 4.79 Å². The lowest BCUT2D eigenvalue weighted by molar-refractivity contribution is -0.115. The molecule has 2 aromatic heterocycles. The van der Waals surface area contributed by atoms with Gasteiger partial charge in [-0.05, 0) is 40.2 Å². The highest BCUT2D eigenvalue weighted by molar-refractivity contribution is 9.10. The second-order valence-corrected chi connectivity index (χ2v) is 4.36. The van der Waals surface area contributed by atoms with Crippen LogP contribution < -0.4 is 10.6 Å². The van der Waals surface area contributed by atoms with Gasteiger partial charge >= 0.3 is 0 Å². The van der Waals surface area contributed by atoms with Crippen molar-refractivity contribution in [2.75, 3.05) is 11.9 Å². The molecule has 2 aromatic rings. The number of hydrogen-bond acceptors (Lipinski definition) is 4. The highest BCUT2D eigenvalue weighted by Gasteiger charge is 2.11. The summed E-state index contributed by atoms with van der Waals surface area (Å²) in [5.74, 6) is -0.653. The monoisotopic (exact) mass is 323 g/mol. The minimum absolute atomic E-state index is 0.140. The van der Waals surface area contributed by atoms with E-state index < -0.39 is 5.91 Å². The number of hydrogen-bond donors (Lipinski definition) is 2. The highest BCUT2D eigenvalue weighted by atomic mass is 79.9. The number of carbonyl (C=O) groups is 2. The SMILES string of the molecule is O=C(CNC(=O)c1ccc(Br)o1)Nc1cccnc1. The lowest BCUT2D eigenvalue weighted by Gasteiger charge is -2.05. The second-order valence-electron chi connectivity index (χ2n) is 3.58. The summed E-state index contributed by atoms with van der Waals surface area (Å²) in [6.07, 6.45) is 3.12. The number of furan rings is 1. The fourth-order valence-corrected chi connectivity index (χ4v) is 1.63. The molecule has 0 radical (unpaired) electrons. The van der Waals surface area contributed by atoms with Crippen molar-refractivity contribution in [3.8, 4) is 0 Å². The molecule has 6 nitrogen and oxygen atoms in total. The Morgan fingerprint density at radius 3 is 2.79 bits per heavy atom. The Labute approximate surface area is 117 Å². The molecule has 0 bridgehead atoms. The third kappa shape index (κ3) is 3.92. The molecule has 0 aliphatic rings. The summed E-state index contributed by atoms with van der Waals surface area (Å²) in [5.41, 5.74) is 0.572. The first-order valence-electron chi connectivity index (χ1n) is 5.38. The maximum Gasteiger partial charge on any atom is 0.287 e. The van der Waals surface area contributed by atoms with E-state index in [0.29, 0.717) is 10.4 Å². The van der Waals surface area contributed by atoms with Crippen molar-refractivity contribution in [1.82, 2.24) is 10.3 Å². The van der Waals surface area contributed by atoms with Gasteiger partial charge in [-0.1, -0.05) is 0 Å². The van der Waals surface area contributed by atoms with Gasteiger partial charge < -0.3 is 15.1 Å². The van der Waals surface area contributed by atoms with Crippen molar-refractivity contribution in [2.24, 2.45) is 0 Å². The van der Waals surface area contributed by atoms with E-state index in [2.05, 4.69) is 31.5 Å². The Hall–Kier alpha value is -2.15. The lowest BCUT2D eigenvalue weighted by Crippen LogP contribution is -2.32. The van der Waals surface area contributed by atoms with Crippen LogP contribution in [0.3, 0.4) is 0 Å². The zero-order valence-electron chi connectivity index (χ0n) is 9.72. The topological polar surface area (TPSA) is 84.2 Å². The maximum absolute atomic E-state index is 11.6. The molecule has 0 unspecified atom stereocenters. The molecule has 0 saturated heterocycles. The first-order chi connectivity index (χ1) is 9.15. The van der Waals surface area contributed by atoms with E-state index in [4.69, 9.17) is 4.42 Å². The van der Waals surface area contributed by atoms with E-state index in [-0.39, 0.29) is 18.2 Å². The van der Waals surface area contributed by atoms with Gasteiger partial charge in [-0.2, -0.15) is 0 Å². The maximum atomic E-state index is 11.6. The number of anilines is 1. The van der Waals surface area contributed by atoms with Crippen LogP contribution in [0.1, 0.15) is 10.6 Å². The molecule has 98 valence electrons. The summed E-state index contributed by atoms with van der Waals surface area (Å²) in [7, 11) is 0. The molecule has 0 spiro atoms. The lowest BCUT2D eigenvalue weighted by atomic mass is 10.4. The molecule has 2 rings (SSSR count). The number of aromatic nitrogens is 1. The number of rotatable bonds is 4. The van der Waals surface area contributed by atoms with E-state index in [1.807, 2.05) is 0 Å². The zero-order valence-corrected chi connectivity index (χ0v) is 11.3. The molecule has 0 aliphatic carbocycles. The smallest absolute Gasteiger partial charge is 0.287 e. The Morgan fingerprint density at radius 1 is 1.32 bits per heavy atom. The number of nitrogens with one attached hydrogen (secondary N) is 2. The van der Waals surface area contributed by atoms with Gasteiger partial charge in [0.25, 0.3) is 5.91 Å². The van der Waals surface area contributed by atoms with Crippen LogP contribution in [-0.4, -0.2) is 23.3 Å². The summed E-state index contributed by atoms with van der Waals surface area (Å²) in [5, 5.41) is 5.04. The predicted molar refractivity (Wildman–Crippen MR) is 71.6 cm³/mol. The summed E-state index contributed by atoms with van der Waals surface area (Å²) in [4.78, 5) is 27.0. The van der Waals surface area contributed by atoms with E-state index in [1.54, 1.807) is 24.4 Å². The average Bonchev–Trinajstić information content (AvgIpc) is 2.84. The van der Waals surface area contributed by atoms with Crippen molar-refractivity contribution in [3.05, 3.63) is 47.1 Å². The molecular weight excluding hydrogens is 314 g/mol. The van der Waals surface area contributed by atoms with Crippen molar-refractivity contribution >= 4 is 33.4 Å². The van der Waals surface area contributed by atoms with Gasteiger partial charge in [0.2, 0.25) is 5.91 Å². The number of halogens is 1. The van der Waals surface area contributed by atoms with Crippen LogP contribution in [0, 0.1) is 0 Å². The molecule has 2 amide bonds. The van der Waals surface area contributed by atoms with Crippen LogP contribution in [0.15, 0.2) is 45.7 Å². The third-order valence-corrected chi connectivity index (χ3v) is 2.58. The quantitative estimate of drug-likeness (QED) is 0.898. The van der Waals surface area contributed by atoms with Gasteiger partial charge in [-0.3, -0.25) is 14.6 Å². The van der Waals surface area contributed by atoms with Crippen LogP contribution in [0.25, 0.3) is 0 Å². The molecule has 2 heterocycles. The van der Waals surface area contributed by atoms with Gasteiger partial charge in [-0.15, -0.1) is 0 Å².